The molecule has 0 aliphatic rings. The number of aryl methyl sites for hydroxylation is 1. The Hall–Kier alpha value is -4.08. The topological polar surface area (TPSA) is 76.4 Å². The Morgan fingerprint density at radius 3 is 2.58 bits per heavy atom. The molecular formula is C26H23F4N3O3. The number of anilines is 1. The zero-order chi connectivity index (χ0) is 26.0. The van der Waals surface area contributed by atoms with E-state index in [1.165, 1.54) is 24.5 Å². The predicted molar refractivity (Wildman–Crippen MR) is 128 cm³/mol. The number of alkyl halides is 3. The fourth-order valence-electron chi connectivity index (χ4n) is 3.83. The normalized spacial score (nSPS) is 11.6. The van der Waals surface area contributed by atoms with E-state index >= 15 is 0 Å². The molecule has 1 aromatic heterocycles. The lowest BCUT2D eigenvalue weighted by Crippen LogP contribution is -2.14. The molecule has 0 atom stereocenters. The third-order valence-corrected chi connectivity index (χ3v) is 5.60. The number of Topliss-reactive ketones (excluding diaryl/α,β-unsaturated/α-hetero) is 1. The lowest BCUT2D eigenvalue weighted by molar-refractivity contribution is -0.131. The maximum Gasteiger partial charge on any atom is 0.390 e. The van der Waals surface area contributed by atoms with Gasteiger partial charge in [-0.2, -0.15) is 13.2 Å². The Balaban J connectivity index is 1.78. The summed E-state index contributed by atoms with van der Waals surface area (Å²) >= 11 is 0. The van der Waals surface area contributed by atoms with Crippen LogP contribution in [0.1, 0.15) is 35.7 Å². The molecule has 188 valence electrons. The van der Waals surface area contributed by atoms with E-state index in [1.54, 1.807) is 29.7 Å². The second kappa shape index (κ2) is 9.88. The van der Waals surface area contributed by atoms with Crippen LogP contribution in [0.5, 0.6) is 17.2 Å². The molecule has 3 aromatic carbocycles. The van der Waals surface area contributed by atoms with Gasteiger partial charge in [0.05, 0.1) is 17.6 Å². The zero-order valence-corrected chi connectivity index (χ0v) is 19.5. The van der Waals surface area contributed by atoms with Crippen LogP contribution in [0.3, 0.4) is 0 Å². The first kappa shape index (κ1) is 25.0. The molecule has 2 N–H and O–H groups in total. The SMILES string of the molecule is CCC(=O)c1ccc(-n2cnc3c(NCCC(F)(F)F)cc(Oc4ccc(O)cc4F)cc32)cc1C. The van der Waals surface area contributed by atoms with Crippen molar-refractivity contribution in [2.45, 2.75) is 32.9 Å². The Morgan fingerprint density at radius 2 is 1.92 bits per heavy atom. The van der Waals surface area contributed by atoms with E-state index < -0.39 is 25.0 Å². The maximum absolute atomic E-state index is 14.3. The molecule has 4 rings (SSSR count). The van der Waals surface area contributed by atoms with E-state index in [1.807, 2.05) is 13.0 Å². The van der Waals surface area contributed by atoms with Crippen molar-refractivity contribution in [2.24, 2.45) is 0 Å². The number of ether oxygens (including phenoxy) is 1. The van der Waals surface area contributed by atoms with Gasteiger partial charge in [0.1, 0.15) is 23.3 Å². The summed E-state index contributed by atoms with van der Waals surface area (Å²) in [6.45, 7) is 3.21. The van der Waals surface area contributed by atoms with Crippen LogP contribution in [-0.2, 0) is 0 Å². The second-order valence-corrected chi connectivity index (χ2v) is 8.24. The van der Waals surface area contributed by atoms with E-state index in [-0.39, 0.29) is 28.7 Å². The van der Waals surface area contributed by atoms with Gasteiger partial charge in [-0.05, 0) is 42.8 Å². The minimum absolute atomic E-state index is 0.0114. The molecule has 10 heteroatoms. The number of benzene rings is 3. The number of hydrogen-bond acceptors (Lipinski definition) is 5. The number of phenolic OH excluding ortho intramolecular Hbond substituents is 1. The van der Waals surface area contributed by atoms with Gasteiger partial charge in [-0.15, -0.1) is 0 Å². The molecule has 36 heavy (non-hydrogen) atoms. The van der Waals surface area contributed by atoms with Crippen molar-refractivity contribution in [3.8, 4) is 22.9 Å². The average molecular weight is 501 g/mol. The van der Waals surface area contributed by atoms with Crippen molar-refractivity contribution in [1.82, 2.24) is 9.55 Å². The van der Waals surface area contributed by atoms with Crippen molar-refractivity contribution in [3.63, 3.8) is 0 Å². The molecule has 0 saturated heterocycles. The van der Waals surface area contributed by atoms with Crippen molar-refractivity contribution in [1.29, 1.82) is 0 Å². The van der Waals surface area contributed by atoms with Gasteiger partial charge in [0, 0.05) is 42.4 Å². The number of nitrogens with one attached hydrogen (secondary N) is 1. The van der Waals surface area contributed by atoms with Crippen molar-refractivity contribution in [3.05, 3.63) is 71.8 Å². The number of nitrogens with zero attached hydrogens (tertiary/aromatic N) is 2. The van der Waals surface area contributed by atoms with Gasteiger partial charge >= 0.3 is 6.18 Å². The second-order valence-electron chi connectivity index (χ2n) is 8.24. The number of aromatic hydroxyl groups is 1. The molecule has 0 saturated carbocycles. The summed E-state index contributed by atoms with van der Waals surface area (Å²) in [5.41, 5.74) is 3.21. The summed E-state index contributed by atoms with van der Waals surface area (Å²) in [5.74, 6) is -1.09. The Kier molecular flexibility index (Phi) is 6.87. The highest BCUT2D eigenvalue weighted by Crippen LogP contribution is 2.35. The van der Waals surface area contributed by atoms with Crippen molar-refractivity contribution < 1.29 is 32.2 Å². The maximum atomic E-state index is 14.3. The summed E-state index contributed by atoms with van der Waals surface area (Å²) in [4.78, 5) is 16.5. The van der Waals surface area contributed by atoms with Gasteiger partial charge in [-0.1, -0.05) is 6.92 Å². The summed E-state index contributed by atoms with van der Waals surface area (Å²) in [7, 11) is 0. The third-order valence-electron chi connectivity index (χ3n) is 5.60. The number of carbonyl (C=O) groups excluding carboxylic acids is 1. The minimum atomic E-state index is -4.34. The first-order valence-corrected chi connectivity index (χ1v) is 11.2. The molecule has 0 fully saturated rings. The van der Waals surface area contributed by atoms with E-state index in [9.17, 15) is 27.5 Å². The molecule has 1 heterocycles. The number of aromatic nitrogens is 2. The van der Waals surface area contributed by atoms with Gasteiger partial charge in [0.15, 0.2) is 17.3 Å². The number of fused-ring (bicyclic) bond motifs is 1. The van der Waals surface area contributed by atoms with Gasteiger partial charge in [0.25, 0.3) is 0 Å². The van der Waals surface area contributed by atoms with Gasteiger partial charge < -0.3 is 15.2 Å². The van der Waals surface area contributed by atoms with Gasteiger partial charge in [-0.25, -0.2) is 9.37 Å². The van der Waals surface area contributed by atoms with E-state index in [0.717, 1.165) is 11.6 Å². The number of carbonyl (C=O) groups is 1. The van der Waals surface area contributed by atoms with E-state index in [2.05, 4.69) is 10.3 Å². The van der Waals surface area contributed by atoms with Crippen LogP contribution in [0.2, 0.25) is 0 Å². The summed E-state index contributed by atoms with van der Waals surface area (Å²) in [6, 6.07) is 11.7. The lowest BCUT2D eigenvalue weighted by Gasteiger charge is -2.14. The van der Waals surface area contributed by atoms with Crippen LogP contribution in [0.15, 0.2) is 54.9 Å². The number of hydrogen-bond donors (Lipinski definition) is 2. The van der Waals surface area contributed by atoms with Gasteiger partial charge in [-0.3, -0.25) is 9.36 Å². The number of ketones is 1. The smallest absolute Gasteiger partial charge is 0.390 e. The number of halogens is 4. The monoisotopic (exact) mass is 501 g/mol. The fraction of sp³-hybridized carbons (Fsp3) is 0.231. The number of phenols is 1. The fourth-order valence-corrected chi connectivity index (χ4v) is 3.83. The van der Waals surface area contributed by atoms with Crippen LogP contribution in [0.4, 0.5) is 23.2 Å². The van der Waals surface area contributed by atoms with Crippen LogP contribution < -0.4 is 10.1 Å². The molecule has 0 spiro atoms. The molecule has 4 aromatic rings. The van der Waals surface area contributed by atoms with Crippen LogP contribution in [0, 0.1) is 12.7 Å². The highest BCUT2D eigenvalue weighted by atomic mass is 19.4. The van der Waals surface area contributed by atoms with Crippen LogP contribution in [-0.4, -0.2) is 33.2 Å². The summed E-state index contributed by atoms with van der Waals surface area (Å²) in [6.07, 6.45) is -3.51. The molecular weight excluding hydrogens is 478 g/mol. The predicted octanol–water partition coefficient (Wildman–Crippen LogP) is 6.93. The molecule has 0 aliphatic carbocycles. The number of rotatable bonds is 8. The quantitative estimate of drug-likeness (QED) is 0.202. The lowest BCUT2D eigenvalue weighted by atomic mass is 10.0. The molecule has 0 bridgehead atoms. The van der Waals surface area contributed by atoms with Crippen molar-refractivity contribution in [2.75, 3.05) is 11.9 Å². The minimum Gasteiger partial charge on any atom is -0.508 e. The van der Waals surface area contributed by atoms with Crippen molar-refractivity contribution >= 4 is 22.5 Å². The summed E-state index contributed by atoms with van der Waals surface area (Å²) < 4.78 is 59.8. The standard InChI is InChI=1S/C26H23F4N3O3/c1-3-23(35)19-6-4-16(10-15(19)2)33-14-32-25-21(31-9-8-26(28,29)30)12-18(13-22(25)33)36-24-7-5-17(34)11-20(24)27/h4-7,10-14,31,34H,3,8-9H2,1-2H3. The van der Waals surface area contributed by atoms with Crippen LogP contribution >= 0.6 is 0 Å². The molecule has 0 aliphatic heterocycles. The first-order chi connectivity index (χ1) is 17.1. The van der Waals surface area contributed by atoms with Crippen LogP contribution in [0.25, 0.3) is 16.7 Å². The van der Waals surface area contributed by atoms with E-state index in [4.69, 9.17) is 4.74 Å². The van der Waals surface area contributed by atoms with Gasteiger partial charge in [0.2, 0.25) is 0 Å². The first-order valence-electron chi connectivity index (χ1n) is 11.2. The highest BCUT2D eigenvalue weighted by Gasteiger charge is 2.26. The average Bonchev–Trinajstić information content (AvgIpc) is 3.23. The molecule has 0 amide bonds. The largest absolute Gasteiger partial charge is 0.508 e. The Morgan fingerprint density at radius 1 is 1.14 bits per heavy atom. The van der Waals surface area contributed by atoms with E-state index in [0.29, 0.717) is 28.7 Å². The highest BCUT2D eigenvalue weighted by molar-refractivity contribution is 5.97. The molecule has 6 nitrogen and oxygen atoms in total. The Bertz CT molecular complexity index is 1430. The summed E-state index contributed by atoms with van der Waals surface area (Å²) in [5, 5.41) is 12.2. The third kappa shape index (κ3) is 5.42. The molecule has 0 unspecified atom stereocenters. The number of imidazole rings is 1. The Labute approximate surface area is 204 Å². The zero-order valence-electron chi connectivity index (χ0n) is 19.5. The molecule has 0 radical (unpaired) electrons.